The normalized spacial score (nSPS) is 11.1. The van der Waals surface area contributed by atoms with Gasteiger partial charge in [0, 0.05) is 29.2 Å². The van der Waals surface area contributed by atoms with Gasteiger partial charge in [-0.25, -0.2) is 4.79 Å². The Kier molecular flexibility index (Phi) is 6.34. The molecule has 0 saturated heterocycles. The molecule has 0 amide bonds. The number of benzene rings is 2. The zero-order chi connectivity index (χ0) is 24.2. The van der Waals surface area contributed by atoms with Gasteiger partial charge < -0.3 is 0 Å². The van der Waals surface area contributed by atoms with Gasteiger partial charge in [-0.3, -0.25) is 14.1 Å². The van der Waals surface area contributed by atoms with E-state index in [2.05, 4.69) is 45.5 Å². The van der Waals surface area contributed by atoms with E-state index in [0.717, 1.165) is 58.6 Å². The SMILES string of the molecule is CCCc1cn(-c2ccccc2CC)c(=O)n1Cc1ccc(-c2ncccc2-c2nn[nH]n2)cc1. The van der Waals surface area contributed by atoms with Crippen LogP contribution in [0.25, 0.3) is 28.3 Å². The van der Waals surface area contributed by atoms with Crippen LogP contribution >= 0.6 is 0 Å². The molecule has 5 aromatic rings. The summed E-state index contributed by atoms with van der Waals surface area (Å²) in [5.41, 5.74) is 6.73. The quantitative estimate of drug-likeness (QED) is 0.366. The molecule has 0 aliphatic carbocycles. The Morgan fingerprint density at radius 1 is 0.971 bits per heavy atom. The van der Waals surface area contributed by atoms with E-state index in [1.165, 1.54) is 0 Å². The highest BCUT2D eigenvalue weighted by Gasteiger charge is 2.15. The van der Waals surface area contributed by atoms with Crippen molar-refractivity contribution in [2.24, 2.45) is 0 Å². The number of aryl methyl sites for hydroxylation is 2. The third-order valence-corrected chi connectivity index (χ3v) is 6.16. The maximum Gasteiger partial charge on any atom is 0.333 e. The van der Waals surface area contributed by atoms with Gasteiger partial charge in [-0.2, -0.15) is 5.21 Å². The zero-order valence-corrected chi connectivity index (χ0v) is 19.8. The smallest absolute Gasteiger partial charge is 0.292 e. The zero-order valence-electron chi connectivity index (χ0n) is 19.8. The Balaban J connectivity index is 1.48. The molecule has 0 spiro atoms. The summed E-state index contributed by atoms with van der Waals surface area (Å²) in [6, 6.07) is 20.0. The molecule has 0 unspecified atom stereocenters. The molecule has 0 radical (unpaired) electrons. The first-order valence-corrected chi connectivity index (χ1v) is 11.9. The molecule has 0 bridgehead atoms. The summed E-state index contributed by atoms with van der Waals surface area (Å²) < 4.78 is 3.68. The fourth-order valence-electron chi connectivity index (χ4n) is 4.41. The molecule has 0 fully saturated rings. The van der Waals surface area contributed by atoms with Crippen molar-refractivity contribution < 1.29 is 0 Å². The molecule has 0 saturated carbocycles. The van der Waals surface area contributed by atoms with Crippen molar-refractivity contribution in [1.29, 1.82) is 0 Å². The van der Waals surface area contributed by atoms with E-state index in [4.69, 9.17) is 0 Å². The Labute approximate surface area is 203 Å². The van der Waals surface area contributed by atoms with Crippen molar-refractivity contribution in [2.45, 2.75) is 39.7 Å². The van der Waals surface area contributed by atoms with Gasteiger partial charge in [0.2, 0.25) is 5.82 Å². The number of para-hydroxylation sites is 1. The van der Waals surface area contributed by atoms with Crippen LogP contribution in [-0.2, 0) is 19.4 Å². The average molecular weight is 466 g/mol. The molecule has 0 aliphatic rings. The maximum absolute atomic E-state index is 13.5. The number of aromatic nitrogens is 7. The lowest BCUT2D eigenvalue weighted by Crippen LogP contribution is -2.25. The molecule has 8 heteroatoms. The maximum atomic E-state index is 13.5. The summed E-state index contributed by atoms with van der Waals surface area (Å²) >= 11 is 0. The monoisotopic (exact) mass is 465 g/mol. The minimum absolute atomic E-state index is 0.0115. The molecule has 5 rings (SSSR count). The second-order valence-corrected chi connectivity index (χ2v) is 8.42. The third-order valence-electron chi connectivity index (χ3n) is 6.16. The van der Waals surface area contributed by atoms with E-state index >= 15 is 0 Å². The van der Waals surface area contributed by atoms with Crippen molar-refractivity contribution in [3.8, 4) is 28.3 Å². The predicted molar refractivity (Wildman–Crippen MR) is 135 cm³/mol. The molecule has 176 valence electrons. The summed E-state index contributed by atoms with van der Waals surface area (Å²) in [6.07, 6.45) is 6.44. The van der Waals surface area contributed by atoms with Gasteiger partial charge in [0.05, 0.1) is 17.9 Å². The highest BCUT2D eigenvalue weighted by Crippen LogP contribution is 2.27. The number of tetrazole rings is 1. The van der Waals surface area contributed by atoms with Crippen LogP contribution < -0.4 is 5.69 Å². The van der Waals surface area contributed by atoms with E-state index < -0.39 is 0 Å². The van der Waals surface area contributed by atoms with E-state index in [0.29, 0.717) is 12.4 Å². The van der Waals surface area contributed by atoms with Crippen molar-refractivity contribution in [1.82, 2.24) is 34.7 Å². The van der Waals surface area contributed by atoms with Gasteiger partial charge in [-0.05, 0) is 47.4 Å². The first kappa shape index (κ1) is 22.5. The lowest BCUT2D eigenvalue weighted by atomic mass is 10.0. The standard InChI is InChI=1S/C27H27N7O/c1-3-8-22-18-34(24-11-6-5-9-20(24)4-2)27(35)33(22)17-19-12-14-21(15-13-19)25-23(10-7-16-28-25)26-29-31-32-30-26/h5-7,9-16,18H,3-4,8,17H2,1-2H3,(H,29,30,31,32). The molecule has 0 atom stereocenters. The van der Waals surface area contributed by atoms with Crippen LogP contribution in [0, 0.1) is 0 Å². The van der Waals surface area contributed by atoms with Crippen LogP contribution in [0.5, 0.6) is 0 Å². The number of hydrogen-bond donors (Lipinski definition) is 1. The van der Waals surface area contributed by atoms with Crippen LogP contribution in [0.3, 0.4) is 0 Å². The van der Waals surface area contributed by atoms with Crippen LogP contribution in [0.15, 0.2) is 77.9 Å². The first-order chi connectivity index (χ1) is 17.2. The van der Waals surface area contributed by atoms with Gasteiger partial charge >= 0.3 is 5.69 Å². The number of nitrogens with one attached hydrogen (secondary N) is 1. The topological polar surface area (TPSA) is 94.3 Å². The minimum atomic E-state index is -0.0115. The summed E-state index contributed by atoms with van der Waals surface area (Å²) in [5.74, 6) is 0.502. The summed E-state index contributed by atoms with van der Waals surface area (Å²) in [5, 5.41) is 14.3. The lowest BCUT2D eigenvalue weighted by molar-refractivity contribution is 0.691. The predicted octanol–water partition coefficient (Wildman–Crippen LogP) is 4.44. The van der Waals surface area contributed by atoms with Gasteiger partial charge in [0.15, 0.2) is 0 Å². The van der Waals surface area contributed by atoms with Crippen molar-refractivity contribution in [3.05, 3.63) is 100 Å². The Morgan fingerprint density at radius 3 is 2.54 bits per heavy atom. The molecule has 0 aliphatic heterocycles. The van der Waals surface area contributed by atoms with E-state index in [1.54, 1.807) is 10.8 Å². The van der Waals surface area contributed by atoms with Gasteiger partial charge in [-0.1, -0.05) is 62.7 Å². The van der Waals surface area contributed by atoms with E-state index in [-0.39, 0.29) is 5.69 Å². The number of imidazole rings is 1. The Hall–Kier alpha value is -4.33. The molecule has 1 N–H and O–H groups in total. The Morgan fingerprint density at radius 2 is 1.80 bits per heavy atom. The second-order valence-electron chi connectivity index (χ2n) is 8.42. The largest absolute Gasteiger partial charge is 0.333 e. The summed E-state index contributed by atoms with van der Waals surface area (Å²) in [4.78, 5) is 18.0. The number of rotatable bonds is 8. The average Bonchev–Trinajstić information content (AvgIpc) is 3.54. The number of nitrogens with zero attached hydrogens (tertiary/aromatic N) is 6. The third kappa shape index (κ3) is 4.42. The molecule has 2 aromatic carbocycles. The van der Waals surface area contributed by atoms with E-state index in [1.807, 2.05) is 65.4 Å². The van der Waals surface area contributed by atoms with Crippen molar-refractivity contribution >= 4 is 0 Å². The number of pyridine rings is 1. The highest BCUT2D eigenvalue weighted by molar-refractivity contribution is 5.76. The number of aromatic amines is 1. The lowest BCUT2D eigenvalue weighted by Gasteiger charge is -2.09. The van der Waals surface area contributed by atoms with Crippen LogP contribution in [0.1, 0.15) is 37.1 Å². The summed E-state index contributed by atoms with van der Waals surface area (Å²) in [6.45, 7) is 4.76. The highest BCUT2D eigenvalue weighted by atomic mass is 16.1. The van der Waals surface area contributed by atoms with Gasteiger partial charge in [0.25, 0.3) is 0 Å². The molecule has 3 heterocycles. The molecule has 3 aromatic heterocycles. The molecule has 35 heavy (non-hydrogen) atoms. The van der Waals surface area contributed by atoms with Crippen molar-refractivity contribution in [3.63, 3.8) is 0 Å². The fourth-order valence-corrected chi connectivity index (χ4v) is 4.41. The second kappa shape index (κ2) is 9.89. The molecular formula is C27H27N7O. The van der Waals surface area contributed by atoms with Crippen LogP contribution in [0.4, 0.5) is 0 Å². The van der Waals surface area contributed by atoms with Crippen LogP contribution in [0.2, 0.25) is 0 Å². The van der Waals surface area contributed by atoms with Gasteiger partial charge in [-0.15, -0.1) is 10.2 Å². The first-order valence-electron chi connectivity index (χ1n) is 11.9. The number of H-pyrrole nitrogens is 1. The van der Waals surface area contributed by atoms with E-state index in [9.17, 15) is 4.79 Å². The van der Waals surface area contributed by atoms with Crippen LogP contribution in [-0.4, -0.2) is 34.7 Å². The minimum Gasteiger partial charge on any atom is -0.292 e. The van der Waals surface area contributed by atoms with Crippen molar-refractivity contribution in [2.75, 3.05) is 0 Å². The molecule has 8 nitrogen and oxygen atoms in total. The van der Waals surface area contributed by atoms with Gasteiger partial charge in [0.1, 0.15) is 0 Å². The fraction of sp³-hybridized carbons (Fsp3) is 0.222. The Bertz CT molecular complexity index is 1480. The summed E-state index contributed by atoms with van der Waals surface area (Å²) in [7, 11) is 0. The number of hydrogen-bond acceptors (Lipinski definition) is 5. The molecular weight excluding hydrogens is 438 g/mol.